The first-order chi connectivity index (χ1) is 31.6. The lowest BCUT2D eigenvalue weighted by Crippen LogP contribution is -2.59. The van der Waals surface area contributed by atoms with Crippen LogP contribution in [-0.2, 0) is 56.0 Å². The van der Waals surface area contributed by atoms with Gasteiger partial charge < -0.3 is 53.0 Å². The average Bonchev–Trinajstić information content (AvgIpc) is 3.76. The smallest absolute Gasteiger partial charge is 0.326 e. The van der Waals surface area contributed by atoms with Crippen LogP contribution in [0.1, 0.15) is 92.2 Å². The van der Waals surface area contributed by atoms with Gasteiger partial charge in [0.2, 0.25) is 47.3 Å². The third kappa shape index (κ3) is 18.1. The first-order valence-corrected chi connectivity index (χ1v) is 23.0. The lowest BCUT2D eigenvalue weighted by atomic mass is 10.00. The van der Waals surface area contributed by atoms with Crippen LogP contribution in [0.2, 0.25) is 0 Å². The molecule has 67 heavy (non-hydrogen) atoms. The number of rotatable bonds is 25. The van der Waals surface area contributed by atoms with Gasteiger partial charge in [0.15, 0.2) is 0 Å². The molecule has 8 atom stereocenters. The Morgan fingerprint density at radius 2 is 1.15 bits per heavy atom. The van der Waals surface area contributed by atoms with E-state index < -0.39 is 114 Å². The second-order valence-electron chi connectivity index (χ2n) is 18.4. The van der Waals surface area contributed by atoms with Gasteiger partial charge in [-0.25, -0.2) is 4.79 Å². The molecule has 368 valence electrons. The van der Waals surface area contributed by atoms with Gasteiger partial charge in [0.1, 0.15) is 42.3 Å². The first-order valence-electron chi connectivity index (χ1n) is 23.0. The van der Waals surface area contributed by atoms with Crippen molar-refractivity contribution in [2.45, 2.75) is 142 Å². The predicted molar refractivity (Wildman–Crippen MR) is 250 cm³/mol. The van der Waals surface area contributed by atoms with Crippen molar-refractivity contribution in [1.29, 1.82) is 0 Å². The number of hydrogen-bond donors (Lipinski definition) is 9. The summed E-state index contributed by atoms with van der Waals surface area (Å²) in [4.78, 5) is 120. The van der Waals surface area contributed by atoms with E-state index in [1.54, 1.807) is 44.2 Å². The Morgan fingerprint density at radius 3 is 1.70 bits per heavy atom. The quantitative estimate of drug-likeness (QED) is 0.0668. The van der Waals surface area contributed by atoms with Gasteiger partial charge in [-0.15, -0.1) is 0 Å². The summed E-state index contributed by atoms with van der Waals surface area (Å²) in [6, 6.07) is 9.57. The zero-order valence-electron chi connectivity index (χ0n) is 39.9. The van der Waals surface area contributed by atoms with E-state index in [-0.39, 0.29) is 50.5 Å². The van der Waals surface area contributed by atoms with Gasteiger partial charge in [-0.2, -0.15) is 0 Å². The monoisotopic (exact) mass is 934 g/mol. The third-order valence-electron chi connectivity index (χ3n) is 11.2. The minimum Gasteiger partial charge on any atom is -0.480 e. The second-order valence-corrected chi connectivity index (χ2v) is 18.4. The topological polar surface area (TPSA) is 287 Å². The summed E-state index contributed by atoms with van der Waals surface area (Å²) in [5.41, 5.74) is 7.79. The van der Waals surface area contributed by atoms with Crippen molar-refractivity contribution in [3.05, 3.63) is 71.8 Å². The number of carboxylic acid groups (broad SMARTS) is 1. The molecule has 0 radical (unpaired) electrons. The molecule has 1 heterocycles. The van der Waals surface area contributed by atoms with Gasteiger partial charge in [-0.3, -0.25) is 38.4 Å². The number of nitrogens with two attached hydrogens (primary N) is 1. The minimum atomic E-state index is -1.20. The molecule has 19 nitrogen and oxygen atoms in total. The highest BCUT2D eigenvalue weighted by molar-refractivity contribution is 5.97. The van der Waals surface area contributed by atoms with Crippen molar-refractivity contribution in [3.63, 3.8) is 0 Å². The highest BCUT2D eigenvalue weighted by Gasteiger charge is 2.39. The molecule has 0 aliphatic carbocycles. The van der Waals surface area contributed by atoms with Gasteiger partial charge in [-0.05, 0) is 74.8 Å². The molecule has 10 N–H and O–H groups in total. The van der Waals surface area contributed by atoms with Crippen LogP contribution in [0.4, 0.5) is 0 Å². The molecule has 0 spiro atoms. The third-order valence-corrected chi connectivity index (χ3v) is 11.2. The normalized spacial score (nSPS) is 16.7. The van der Waals surface area contributed by atoms with Gasteiger partial charge in [0.25, 0.3) is 0 Å². The minimum absolute atomic E-state index is 0.0127. The number of benzene rings is 2. The number of likely N-dealkylation sites (tertiary alicyclic amines) is 1. The van der Waals surface area contributed by atoms with Crippen LogP contribution < -0.4 is 43.0 Å². The Kier molecular flexibility index (Phi) is 21.9. The molecule has 8 amide bonds. The number of amides is 8. The molecule has 3 rings (SSSR count). The number of carbonyl (C=O) groups excluding carboxylic acids is 8. The molecule has 1 fully saturated rings. The van der Waals surface area contributed by atoms with E-state index in [2.05, 4.69) is 37.2 Å². The number of aliphatic carboxylic acids is 1. The maximum absolute atomic E-state index is 13.8. The zero-order valence-corrected chi connectivity index (χ0v) is 39.9. The van der Waals surface area contributed by atoms with Crippen LogP contribution >= 0.6 is 0 Å². The summed E-state index contributed by atoms with van der Waals surface area (Å²) in [6.45, 7) is 13.3. The highest BCUT2D eigenvalue weighted by Crippen LogP contribution is 2.20. The number of carbonyl (C=O) groups is 9. The molecule has 1 aliphatic heterocycles. The number of carboxylic acids is 1. The summed E-state index contributed by atoms with van der Waals surface area (Å²) in [6.07, 6.45) is 1.50. The summed E-state index contributed by atoms with van der Waals surface area (Å²) in [7, 11) is 0. The van der Waals surface area contributed by atoms with Crippen molar-refractivity contribution < 1.29 is 48.3 Å². The van der Waals surface area contributed by atoms with Crippen molar-refractivity contribution in [2.24, 2.45) is 23.5 Å². The molecular formula is C48H71N9O10. The van der Waals surface area contributed by atoms with E-state index in [0.29, 0.717) is 6.42 Å². The lowest BCUT2D eigenvalue weighted by molar-refractivity contribution is -0.143. The van der Waals surface area contributed by atoms with E-state index in [1.807, 2.05) is 58.0 Å². The average molecular weight is 934 g/mol. The van der Waals surface area contributed by atoms with Crippen LogP contribution in [0.5, 0.6) is 0 Å². The Bertz CT molecular complexity index is 2020. The molecule has 0 saturated carbocycles. The van der Waals surface area contributed by atoms with Crippen LogP contribution in [-0.4, -0.2) is 125 Å². The summed E-state index contributed by atoms with van der Waals surface area (Å²) < 4.78 is 0. The van der Waals surface area contributed by atoms with E-state index in [0.717, 1.165) is 11.1 Å². The molecule has 2 aromatic carbocycles. The molecule has 0 unspecified atom stereocenters. The molecule has 1 aliphatic rings. The fourth-order valence-electron chi connectivity index (χ4n) is 7.61. The Hall–Kier alpha value is -6.37. The number of hydrogen-bond acceptors (Lipinski definition) is 10. The maximum Gasteiger partial charge on any atom is 0.326 e. The molecular weight excluding hydrogens is 863 g/mol. The van der Waals surface area contributed by atoms with Crippen LogP contribution in [0.25, 0.3) is 0 Å². The van der Waals surface area contributed by atoms with Crippen molar-refractivity contribution in [2.75, 3.05) is 13.1 Å². The summed E-state index contributed by atoms with van der Waals surface area (Å²) in [5, 5.41) is 27.8. The Balaban J connectivity index is 1.62. The largest absolute Gasteiger partial charge is 0.480 e. The lowest BCUT2D eigenvalue weighted by Gasteiger charge is -2.30. The highest BCUT2D eigenvalue weighted by atomic mass is 16.4. The van der Waals surface area contributed by atoms with Gasteiger partial charge >= 0.3 is 5.97 Å². The van der Waals surface area contributed by atoms with E-state index >= 15 is 0 Å². The van der Waals surface area contributed by atoms with Crippen molar-refractivity contribution >= 4 is 53.2 Å². The van der Waals surface area contributed by atoms with Gasteiger partial charge in [0.05, 0.1) is 12.6 Å². The zero-order chi connectivity index (χ0) is 50.0. The molecule has 2 aromatic rings. The maximum atomic E-state index is 13.8. The van der Waals surface area contributed by atoms with Crippen LogP contribution in [0, 0.1) is 17.8 Å². The SMILES string of the molecule is CC(C)C[C@H](NC(=O)[C@H](C)NC(=O)[C@@H](NC(=O)[C@@H]1CCCN1C(=O)[C@H](C)NC(=O)CNC(=O)[C@H](Cc1ccccc1)NC(=O)[C@H](CC(C)C)NC(=O)[C@@H](N)Cc1ccccc1)C(C)C)C(=O)O. The van der Waals surface area contributed by atoms with Crippen LogP contribution in [0.3, 0.4) is 0 Å². The van der Waals surface area contributed by atoms with Gasteiger partial charge in [-0.1, -0.05) is 102 Å². The summed E-state index contributed by atoms with van der Waals surface area (Å²) in [5.74, 6) is -6.77. The Morgan fingerprint density at radius 1 is 0.612 bits per heavy atom. The second kappa shape index (κ2) is 26.7. The fraction of sp³-hybridized carbons (Fsp3) is 0.562. The molecule has 0 aromatic heterocycles. The molecule has 0 bridgehead atoms. The number of nitrogens with one attached hydrogen (secondary N) is 7. The predicted octanol–water partition coefficient (Wildman–Crippen LogP) is 0.688. The van der Waals surface area contributed by atoms with Crippen molar-refractivity contribution in [1.82, 2.24) is 42.1 Å². The van der Waals surface area contributed by atoms with E-state index in [9.17, 15) is 48.3 Å². The van der Waals surface area contributed by atoms with Crippen molar-refractivity contribution in [3.8, 4) is 0 Å². The van der Waals surface area contributed by atoms with E-state index in [1.165, 1.54) is 18.7 Å². The van der Waals surface area contributed by atoms with E-state index in [4.69, 9.17) is 5.73 Å². The summed E-state index contributed by atoms with van der Waals surface area (Å²) >= 11 is 0. The van der Waals surface area contributed by atoms with Crippen LogP contribution in [0.15, 0.2) is 60.7 Å². The fourth-order valence-corrected chi connectivity index (χ4v) is 7.61. The first kappa shape index (κ1) is 55.0. The molecule has 19 heteroatoms. The molecule has 1 saturated heterocycles. The Labute approximate surface area is 393 Å². The standard InChI is InChI=1S/C48H71N9O10/c1-27(2)22-35(53-42(60)34(49)24-32-16-11-9-12-17-32)44(62)54-36(25-33-18-13-10-14-19-33)43(61)50-26-39(58)51-31(8)47(65)57-21-15-20-38(57)45(63)56-40(29(5)6)46(64)52-30(7)41(59)55-37(48(66)67)23-28(3)4/h9-14,16-19,27-31,34-38,40H,15,20-26,49H2,1-8H3,(H,50,61)(H,51,58)(H,52,64)(H,53,60)(H,54,62)(H,55,59)(H,56,63)(H,66,67)/t30-,31-,34-,35-,36-,37-,38-,40-/m0/s1. The van der Waals surface area contributed by atoms with Gasteiger partial charge in [0, 0.05) is 13.0 Å². The number of nitrogens with zero attached hydrogens (tertiary/aromatic N) is 1.